The Morgan fingerprint density at radius 1 is 0.818 bits per heavy atom. The summed E-state index contributed by atoms with van der Waals surface area (Å²) in [5.74, 6) is 0.603. The normalized spacial score (nSPS) is 18.3. The molecule has 2 unspecified atom stereocenters. The molecule has 0 spiro atoms. The molecule has 6 heterocycles. The van der Waals surface area contributed by atoms with E-state index >= 15 is 0 Å². The van der Waals surface area contributed by atoms with E-state index in [4.69, 9.17) is 9.15 Å². The second-order valence-electron chi connectivity index (χ2n) is 14.9. The van der Waals surface area contributed by atoms with Crippen molar-refractivity contribution in [2.24, 2.45) is 11.8 Å². The van der Waals surface area contributed by atoms with Gasteiger partial charge in [-0.2, -0.15) is 0 Å². The molecular formula is C39H47N9O7. The van der Waals surface area contributed by atoms with E-state index in [1.165, 1.54) is 7.11 Å². The molecule has 0 saturated carbocycles. The number of methoxy groups -OCH3 is 1. The molecule has 2 saturated heterocycles. The van der Waals surface area contributed by atoms with Gasteiger partial charge in [0.05, 0.1) is 54.1 Å². The number of carboxylic acid groups (broad SMARTS) is 1. The van der Waals surface area contributed by atoms with Gasteiger partial charge in [0.15, 0.2) is 5.58 Å². The third-order valence-electron chi connectivity index (χ3n) is 10.7. The molecule has 4 aromatic heterocycles. The Morgan fingerprint density at radius 3 is 1.93 bits per heavy atom. The van der Waals surface area contributed by atoms with Crippen molar-refractivity contribution < 1.29 is 33.4 Å². The lowest BCUT2D eigenvalue weighted by Crippen LogP contribution is -2.51. The molecule has 2 aliphatic rings. The summed E-state index contributed by atoms with van der Waals surface area (Å²) in [5.41, 5.74) is 6.62. The number of hydrogen-bond acceptors (Lipinski definition) is 8. The third-order valence-corrected chi connectivity index (χ3v) is 10.7. The number of alkyl carbamates (subject to hydrolysis) is 1. The number of carbonyl (C=O) groups is 4. The highest BCUT2D eigenvalue weighted by Crippen LogP contribution is 2.39. The van der Waals surface area contributed by atoms with Crippen LogP contribution in [0.5, 0.6) is 0 Å². The molecule has 5 aromatic rings. The Balaban J connectivity index is 1.05. The zero-order valence-electron chi connectivity index (χ0n) is 31.5. The second kappa shape index (κ2) is 15.4. The topological polar surface area (TPSA) is 215 Å². The number of hydrogen-bond donors (Lipinski definition) is 6. The molecule has 6 N–H and O–H groups in total. The van der Waals surface area contributed by atoms with Gasteiger partial charge in [0.1, 0.15) is 30.0 Å². The van der Waals surface area contributed by atoms with Crippen molar-refractivity contribution in [3.8, 4) is 33.6 Å². The fourth-order valence-electron chi connectivity index (χ4n) is 7.78. The Bertz CT molecular complexity index is 2180. The van der Waals surface area contributed by atoms with E-state index < -0.39 is 24.3 Å². The van der Waals surface area contributed by atoms with E-state index in [0.29, 0.717) is 30.3 Å². The monoisotopic (exact) mass is 753 g/mol. The van der Waals surface area contributed by atoms with E-state index in [1.54, 1.807) is 28.5 Å². The standard InChI is InChI=1S/C39H47N9O7/c1-20(2)30(45-38(51)52)36(49)47-14-6-8-28(47)34-41-17-26(43-34)23-12-10-22(11-13-23)24-16-40-32-25(19-55-33(24)32)27-18-42-35(44-27)29-9-7-15-48(29)37(50)31(21(3)4)46-39(53)54-5/h10-13,16-21,28-31,40,45H,6-9,14-15H2,1-5H3,(H,41,43)(H,42,44)(H,46,53)(H,51,52)/t28?,29?,30-,31-/m0/s1. The Labute approximate surface area is 317 Å². The molecule has 0 aliphatic carbocycles. The SMILES string of the molecule is COC(=O)N[C@H](C(=O)N1CCCC1c1ncc(-c2coc3c(-c4ccc(-c5cnc(C6CCCN6C(=O)[C@@H](NC(=O)O)C(C)C)[nH]5)cc4)c[nH]c23)[nH]1)C(C)C. The van der Waals surface area contributed by atoms with Gasteiger partial charge in [-0.05, 0) is 48.6 Å². The average molecular weight is 754 g/mol. The largest absolute Gasteiger partial charge is 0.465 e. The lowest BCUT2D eigenvalue weighted by Gasteiger charge is -2.30. The average Bonchev–Trinajstić information content (AvgIpc) is 4.01. The van der Waals surface area contributed by atoms with Gasteiger partial charge >= 0.3 is 12.2 Å². The number of nitrogens with one attached hydrogen (secondary N) is 5. The van der Waals surface area contributed by atoms with Crippen molar-refractivity contribution in [3.05, 3.63) is 60.8 Å². The van der Waals surface area contributed by atoms with E-state index in [2.05, 4.69) is 35.6 Å². The summed E-state index contributed by atoms with van der Waals surface area (Å²) in [6, 6.07) is 5.95. The first-order valence-corrected chi connectivity index (χ1v) is 18.7. The number of aromatic amines is 3. The van der Waals surface area contributed by atoms with E-state index in [0.717, 1.165) is 64.8 Å². The van der Waals surface area contributed by atoms with E-state index in [9.17, 15) is 24.3 Å². The third kappa shape index (κ3) is 7.27. The van der Waals surface area contributed by atoms with Gasteiger partial charge in [0, 0.05) is 24.8 Å². The molecular weight excluding hydrogens is 706 g/mol. The number of rotatable bonds is 11. The maximum absolute atomic E-state index is 13.6. The summed E-state index contributed by atoms with van der Waals surface area (Å²) in [7, 11) is 1.28. The van der Waals surface area contributed by atoms with Crippen molar-refractivity contribution in [2.45, 2.75) is 77.5 Å². The first-order valence-electron chi connectivity index (χ1n) is 18.7. The molecule has 2 fully saturated rings. The van der Waals surface area contributed by atoms with E-state index in [-0.39, 0.29) is 35.7 Å². The zero-order valence-corrected chi connectivity index (χ0v) is 31.5. The summed E-state index contributed by atoms with van der Waals surface area (Å²) >= 11 is 0. The van der Waals surface area contributed by atoms with Crippen LogP contribution in [-0.4, -0.2) is 96.1 Å². The van der Waals surface area contributed by atoms with E-state index in [1.807, 2.05) is 58.2 Å². The lowest BCUT2D eigenvalue weighted by atomic mass is 10.0. The first-order chi connectivity index (χ1) is 26.4. The van der Waals surface area contributed by atoms with Crippen LogP contribution in [0.15, 0.2) is 53.5 Å². The number of aromatic nitrogens is 5. The van der Waals surface area contributed by atoms with Crippen LogP contribution in [0.4, 0.5) is 9.59 Å². The highest BCUT2D eigenvalue weighted by atomic mass is 16.5. The van der Waals surface area contributed by atoms with Crippen LogP contribution in [0.25, 0.3) is 44.7 Å². The molecule has 0 bridgehead atoms. The van der Waals surface area contributed by atoms with Crippen LogP contribution in [0.3, 0.4) is 0 Å². The van der Waals surface area contributed by atoms with Gasteiger partial charge in [0.2, 0.25) is 11.8 Å². The summed E-state index contributed by atoms with van der Waals surface area (Å²) in [6.07, 6.45) is 8.34. The molecule has 1 aromatic carbocycles. The predicted molar refractivity (Wildman–Crippen MR) is 202 cm³/mol. The fraction of sp³-hybridized carbons (Fsp3) is 0.436. The molecule has 16 nitrogen and oxygen atoms in total. The number of carbonyl (C=O) groups excluding carboxylic acids is 3. The molecule has 7 rings (SSSR count). The summed E-state index contributed by atoms with van der Waals surface area (Å²) in [6.45, 7) is 8.52. The van der Waals surface area contributed by atoms with Gasteiger partial charge in [-0.15, -0.1) is 0 Å². The summed E-state index contributed by atoms with van der Waals surface area (Å²) in [4.78, 5) is 73.3. The van der Waals surface area contributed by atoms with Gasteiger partial charge in [-0.25, -0.2) is 19.6 Å². The van der Waals surface area contributed by atoms with Gasteiger partial charge in [-0.1, -0.05) is 52.0 Å². The Morgan fingerprint density at radius 2 is 1.36 bits per heavy atom. The lowest BCUT2D eigenvalue weighted by molar-refractivity contribution is -0.136. The second-order valence-corrected chi connectivity index (χ2v) is 14.9. The minimum Gasteiger partial charge on any atom is -0.465 e. The Kier molecular flexibility index (Phi) is 10.4. The number of H-pyrrole nitrogens is 3. The molecule has 4 atom stereocenters. The quantitative estimate of drug-likeness (QED) is 0.0903. The number of nitrogens with zero attached hydrogens (tertiary/aromatic N) is 4. The highest BCUT2D eigenvalue weighted by Gasteiger charge is 2.39. The molecule has 290 valence electrons. The minimum atomic E-state index is -1.22. The number of fused-ring (bicyclic) bond motifs is 1. The maximum Gasteiger partial charge on any atom is 0.407 e. The predicted octanol–water partition coefficient (Wildman–Crippen LogP) is 6.21. The first kappa shape index (κ1) is 37.3. The summed E-state index contributed by atoms with van der Waals surface area (Å²) in [5, 5.41) is 14.4. The zero-order chi connectivity index (χ0) is 39.0. The van der Waals surface area contributed by atoms with Crippen molar-refractivity contribution in [1.82, 2.24) is 45.4 Å². The smallest absolute Gasteiger partial charge is 0.407 e. The number of likely N-dealkylation sites (tertiary alicyclic amines) is 2. The maximum atomic E-state index is 13.6. The van der Waals surface area contributed by atoms with Gasteiger partial charge in [-0.3, -0.25) is 9.59 Å². The molecule has 4 amide bonds. The number of ether oxygens (including phenoxy) is 1. The Hall–Kier alpha value is -6.06. The van der Waals surface area contributed by atoms with Crippen LogP contribution in [-0.2, 0) is 14.3 Å². The van der Waals surface area contributed by atoms with Crippen LogP contribution < -0.4 is 10.6 Å². The van der Waals surface area contributed by atoms with Crippen molar-refractivity contribution in [2.75, 3.05) is 20.2 Å². The van der Waals surface area contributed by atoms with Crippen LogP contribution in [0, 0.1) is 11.8 Å². The number of imidazole rings is 2. The van der Waals surface area contributed by atoms with Crippen molar-refractivity contribution in [1.29, 1.82) is 0 Å². The minimum absolute atomic E-state index is 0.127. The van der Waals surface area contributed by atoms with Gasteiger partial charge in [0.25, 0.3) is 0 Å². The highest BCUT2D eigenvalue weighted by molar-refractivity contribution is 5.99. The molecule has 55 heavy (non-hydrogen) atoms. The van der Waals surface area contributed by atoms with Crippen molar-refractivity contribution in [3.63, 3.8) is 0 Å². The number of amides is 4. The molecule has 0 radical (unpaired) electrons. The van der Waals surface area contributed by atoms with Crippen LogP contribution in [0.1, 0.15) is 77.1 Å². The number of benzene rings is 1. The molecule has 2 aliphatic heterocycles. The molecule has 16 heteroatoms. The van der Waals surface area contributed by atoms with Crippen LogP contribution >= 0.6 is 0 Å². The fourth-order valence-corrected chi connectivity index (χ4v) is 7.78. The summed E-state index contributed by atoms with van der Waals surface area (Å²) < 4.78 is 10.9. The van der Waals surface area contributed by atoms with Crippen LogP contribution in [0.2, 0.25) is 0 Å². The number of furan rings is 1. The van der Waals surface area contributed by atoms with Gasteiger partial charge < -0.3 is 49.6 Å². The van der Waals surface area contributed by atoms with Crippen molar-refractivity contribution >= 4 is 35.1 Å².